The molecule has 0 N–H and O–H groups in total. The molecule has 0 spiro atoms. The van der Waals surface area contributed by atoms with Crippen molar-refractivity contribution in [1.82, 2.24) is 0 Å². The monoisotopic (exact) mass is 315 g/mol. The second kappa shape index (κ2) is 4.99. The quantitative estimate of drug-likeness (QED) is 0.763. The first-order valence-corrected chi connectivity index (χ1v) is 6.98. The molecule has 1 aliphatic heterocycles. The highest BCUT2D eigenvalue weighted by molar-refractivity contribution is 9.10. The fourth-order valence-electron chi connectivity index (χ4n) is 2.22. The number of nitrogens with zero attached hydrogens (tertiary/aromatic N) is 1. The summed E-state index contributed by atoms with van der Waals surface area (Å²) in [7, 11) is 0. The summed E-state index contributed by atoms with van der Waals surface area (Å²) < 4.78 is 1.04. The molecule has 1 aromatic carbocycles. The van der Waals surface area contributed by atoms with Gasteiger partial charge in [-0.05, 0) is 37.0 Å². The lowest BCUT2D eigenvalue weighted by molar-refractivity contribution is -0.117. The summed E-state index contributed by atoms with van der Waals surface area (Å²) >= 11 is 9.35. The number of alkyl halides is 1. The van der Waals surface area contributed by atoms with Gasteiger partial charge in [0.2, 0.25) is 5.91 Å². The highest BCUT2D eigenvalue weighted by atomic mass is 79.9. The lowest BCUT2D eigenvalue weighted by Crippen LogP contribution is -2.25. The highest BCUT2D eigenvalue weighted by Gasteiger charge is 2.30. The van der Waals surface area contributed by atoms with Crippen LogP contribution >= 0.6 is 27.5 Å². The summed E-state index contributed by atoms with van der Waals surface area (Å²) in [5.74, 6) is 1.01. The first-order valence-electron chi connectivity index (χ1n) is 5.66. The third-order valence-corrected chi connectivity index (χ3v) is 4.48. The predicted molar refractivity (Wildman–Crippen MR) is 74.8 cm³/mol. The highest BCUT2D eigenvalue weighted by Crippen LogP contribution is 2.32. The molecule has 0 saturated carbocycles. The molecule has 1 unspecified atom stereocenters. The first-order chi connectivity index (χ1) is 8.02. The van der Waals surface area contributed by atoms with E-state index in [9.17, 15) is 4.79 Å². The zero-order valence-electron chi connectivity index (χ0n) is 9.96. The van der Waals surface area contributed by atoms with Crippen molar-refractivity contribution in [2.75, 3.05) is 17.3 Å². The smallest absolute Gasteiger partial charge is 0.227 e. The van der Waals surface area contributed by atoms with E-state index in [-0.39, 0.29) is 11.8 Å². The number of anilines is 1. The third kappa shape index (κ3) is 2.50. The van der Waals surface area contributed by atoms with Crippen LogP contribution in [0.15, 0.2) is 16.6 Å². The van der Waals surface area contributed by atoms with E-state index in [0.29, 0.717) is 12.3 Å². The molecule has 1 amide bonds. The molecule has 0 bridgehead atoms. The Hall–Kier alpha value is -0.540. The Labute approximate surface area is 115 Å². The number of rotatable bonds is 2. The van der Waals surface area contributed by atoms with Crippen LogP contribution in [0.4, 0.5) is 5.69 Å². The molecule has 2 rings (SSSR count). The molecule has 1 aromatic rings. The molecule has 4 heteroatoms. The summed E-state index contributed by atoms with van der Waals surface area (Å²) in [5, 5.41) is 0. The minimum atomic E-state index is 0.175. The molecule has 1 heterocycles. The standard InChI is InChI=1S/C13H15BrClNO/c1-8-3-9(2)12(5-11(8)14)16-7-10(6-15)4-13(16)17/h3,5,10H,4,6-7H2,1-2H3. The van der Waals surface area contributed by atoms with Crippen molar-refractivity contribution in [3.63, 3.8) is 0 Å². The molecule has 1 fully saturated rings. The molecular weight excluding hydrogens is 302 g/mol. The maximum atomic E-state index is 11.9. The van der Waals surface area contributed by atoms with Crippen LogP contribution in [0, 0.1) is 19.8 Å². The van der Waals surface area contributed by atoms with Crippen molar-refractivity contribution in [3.05, 3.63) is 27.7 Å². The Morgan fingerprint density at radius 1 is 1.41 bits per heavy atom. The normalized spacial score (nSPS) is 20.1. The average molecular weight is 317 g/mol. The van der Waals surface area contributed by atoms with Crippen molar-refractivity contribution < 1.29 is 4.79 Å². The number of hydrogen-bond acceptors (Lipinski definition) is 1. The molecule has 0 aromatic heterocycles. The number of aryl methyl sites for hydroxylation is 2. The van der Waals surface area contributed by atoms with E-state index < -0.39 is 0 Å². The number of halogens is 2. The van der Waals surface area contributed by atoms with Gasteiger partial charge < -0.3 is 4.90 Å². The summed E-state index contributed by atoms with van der Waals surface area (Å²) in [6.07, 6.45) is 0.564. The van der Waals surface area contributed by atoms with Crippen LogP contribution in [-0.4, -0.2) is 18.3 Å². The maximum absolute atomic E-state index is 11.9. The molecule has 1 aliphatic rings. The molecule has 0 aliphatic carbocycles. The molecule has 1 saturated heterocycles. The fourth-order valence-corrected chi connectivity index (χ4v) is 2.76. The van der Waals surface area contributed by atoms with Crippen LogP contribution in [0.25, 0.3) is 0 Å². The largest absolute Gasteiger partial charge is 0.312 e. The second-order valence-electron chi connectivity index (χ2n) is 4.62. The minimum Gasteiger partial charge on any atom is -0.312 e. The molecular formula is C13H15BrClNO. The van der Waals surface area contributed by atoms with Gasteiger partial charge in [-0.15, -0.1) is 11.6 Å². The van der Waals surface area contributed by atoms with E-state index in [2.05, 4.69) is 22.0 Å². The lowest BCUT2D eigenvalue weighted by atomic mass is 10.1. The molecule has 17 heavy (non-hydrogen) atoms. The van der Waals surface area contributed by atoms with Gasteiger partial charge in [0, 0.05) is 29.0 Å². The van der Waals surface area contributed by atoms with Crippen LogP contribution in [0.1, 0.15) is 17.5 Å². The van der Waals surface area contributed by atoms with Crippen molar-refractivity contribution >= 4 is 39.1 Å². The molecule has 2 nitrogen and oxygen atoms in total. The number of hydrogen-bond donors (Lipinski definition) is 0. The Kier molecular flexibility index (Phi) is 3.79. The van der Waals surface area contributed by atoms with Gasteiger partial charge in [0.1, 0.15) is 0 Å². The van der Waals surface area contributed by atoms with Crippen LogP contribution in [-0.2, 0) is 4.79 Å². The summed E-state index contributed by atoms with van der Waals surface area (Å²) in [6, 6.07) is 4.12. The third-order valence-electron chi connectivity index (χ3n) is 3.19. The van der Waals surface area contributed by atoms with Crippen molar-refractivity contribution in [1.29, 1.82) is 0 Å². The van der Waals surface area contributed by atoms with Crippen LogP contribution in [0.3, 0.4) is 0 Å². The average Bonchev–Trinajstić information content (AvgIpc) is 2.65. The van der Waals surface area contributed by atoms with E-state index >= 15 is 0 Å². The summed E-state index contributed by atoms with van der Waals surface area (Å²) in [4.78, 5) is 13.8. The maximum Gasteiger partial charge on any atom is 0.227 e. The van der Waals surface area contributed by atoms with Gasteiger partial charge in [-0.25, -0.2) is 0 Å². The summed E-state index contributed by atoms with van der Waals surface area (Å²) in [5.41, 5.74) is 3.32. The van der Waals surface area contributed by atoms with E-state index in [1.807, 2.05) is 24.8 Å². The molecule has 0 radical (unpaired) electrons. The van der Waals surface area contributed by atoms with E-state index in [1.165, 1.54) is 5.56 Å². The Morgan fingerprint density at radius 3 is 2.71 bits per heavy atom. The van der Waals surface area contributed by atoms with Crippen molar-refractivity contribution in [3.8, 4) is 0 Å². The summed E-state index contributed by atoms with van der Waals surface area (Å²) in [6.45, 7) is 4.82. The van der Waals surface area contributed by atoms with Gasteiger partial charge in [-0.2, -0.15) is 0 Å². The first kappa shape index (κ1) is 12.9. The van der Waals surface area contributed by atoms with Crippen LogP contribution in [0.5, 0.6) is 0 Å². The van der Waals surface area contributed by atoms with Crippen LogP contribution < -0.4 is 4.90 Å². The van der Waals surface area contributed by atoms with Crippen molar-refractivity contribution in [2.24, 2.45) is 5.92 Å². The number of carbonyl (C=O) groups excluding carboxylic acids is 1. The Bertz CT molecular complexity index is 461. The topological polar surface area (TPSA) is 20.3 Å². The van der Waals surface area contributed by atoms with E-state index in [1.54, 1.807) is 0 Å². The number of amides is 1. The zero-order valence-corrected chi connectivity index (χ0v) is 12.3. The minimum absolute atomic E-state index is 0.175. The van der Waals surface area contributed by atoms with E-state index in [4.69, 9.17) is 11.6 Å². The van der Waals surface area contributed by atoms with Crippen molar-refractivity contribution in [2.45, 2.75) is 20.3 Å². The van der Waals surface area contributed by atoms with Crippen LogP contribution in [0.2, 0.25) is 0 Å². The van der Waals surface area contributed by atoms with Gasteiger partial charge in [-0.3, -0.25) is 4.79 Å². The number of benzene rings is 1. The molecule has 92 valence electrons. The zero-order chi connectivity index (χ0) is 12.6. The second-order valence-corrected chi connectivity index (χ2v) is 5.78. The SMILES string of the molecule is Cc1cc(C)c(N2CC(CCl)CC2=O)cc1Br. The lowest BCUT2D eigenvalue weighted by Gasteiger charge is -2.20. The number of carbonyl (C=O) groups is 1. The van der Waals surface area contributed by atoms with Gasteiger partial charge >= 0.3 is 0 Å². The van der Waals surface area contributed by atoms with Gasteiger partial charge in [0.05, 0.1) is 0 Å². The molecule has 1 atom stereocenters. The Morgan fingerprint density at radius 2 is 2.12 bits per heavy atom. The van der Waals surface area contributed by atoms with Gasteiger partial charge in [-0.1, -0.05) is 22.0 Å². The predicted octanol–water partition coefficient (Wildman–Crippen LogP) is 3.66. The Balaban J connectivity index is 2.35. The van der Waals surface area contributed by atoms with Gasteiger partial charge in [0.25, 0.3) is 0 Å². The van der Waals surface area contributed by atoms with E-state index in [0.717, 1.165) is 22.3 Å². The van der Waals surface area contributed by atoms with Gasteiger partial charge in [0.15, 0.2) is 0 Å². The fraction of sp³-hybridized carbons (Fsp3) is 0.462.